The number of aromatic nitrogens is 2. The van der Waals surface area contributed by atoms with Crippen LogP contribution in [0.25, 0.3) is 0 Å². The van der Waals surface area contributed by atoms with Crippen LogP contribution in [0.4, 0.5) is 13.2 Å². The molecule has 2 aliphatic rings. The van der Waals surface area contributed by atoms with Gasteiger partial charge < -0.3 is 14.4 Å². The number of likely N-dealkylation sites (tertiary alicyclic amines) is 1. The molecule has 0 unspecified atom stereocenters. The summed E-state index contributed by atoms with van der Waals surface area (Å²) < 4.78 is 40.2. The molecule has 31 heavy (non-hydrogen) atoms. The van der Waals surface area contributed by atoms with Crippen molar-refractivity contribution < 1.29 is 27.8 Å². The number of carboxylic acids is 1. The highest BCUT2D eigenvalue weighted by atomic mass is 19.4. The predicted octanol–water partition coefficient (Wildman–Crippen LogP) is 3.67. The molecule has 1 aliphatic heterocycles. The molecule has 2 aromatic rings. The molecule has 1 aromatic carbocycles. The van der Waals surface area contributed by atoms with Crippen molar-refractivity contribution in [3.63, 3.8) is 0 Å². The van der Waals surface area contributed by atoms with Gasteiger partial charge in [-0.05, 0) is 37.2 Å². The molecular weight excluding hydrogens is 411 g/mol. The third kappa shape index (κ3) is 7.07. The van der Waals surface area contributed by atoms with Gasteiger partial charge in [0.2, 0.25) is 0 Å². The Labute approximate surface area is 179 Å². The van der Waals surface area contributed by atoms with Crippen LogP contribution in [0.5, 0.6) is 0 Å². The number of carboxylic acid groups (broad SMARTS) is 1. The number of carbonyl (C=O) groups is 1. The summed E-state index contributed by atoms with van der Waals surface area (Å²) in [6, 6.07) is 11.3. The van der Waals surface area contributed by atoms with E-state index in [1.54, 1.807) is 0 Å². The number of rotatable bonds is 7. The zero-order chi connectivity index (χ0) is 22.4. The maximum absolute atomic E-state index is 10.6. The SMILES string of the molecule is Cn1ccnc1CN1CC[C@H](OCC2CC2)[C@@H]1Cc1ccccc1.O=C(O)C(F)(F)F. The van der Waals surface area contributed by atoms with Crippen molar-refractivity contribution in [1.82, 2.24) is 14.5 Å². The van der Waals surface area contributed by atoms with Crippen LogP contribution in [0.15, 0.2) is 42.7 Å². The first kappa shape index (κ1) is 23.3. The molecule has 2 heterocycles. The highest BCUT2D eigenvalue weighted by Gasteiger charge is 2.38. The molecule has 0 radical (unpaired) electrons. The van der Waals surface area contributed by atoms with E-state index in [9.17, 15) is 13.2 Å². The quantitative estimate of drug-likeness (QED) is 0.713. The molecule has 2 atom stereocenters. The van der Waals surface area contributed by atoms with E-state index in [4.69, 9.17) is 14.6 Å². The molecule has 1 saturated heterocycles. The second kappa shape index (κ2) is 10.3. The smallest absolute Gasteiger partial charge is 0.475 e. The standard InChI is InChI=1S/C20H27N3O.C2HF3O2/c1-22-12-10-21-20(22)14-23-11-9-19(24-15-17-7-8-17)18(23)13-16-5-3-2-4-6-16;3-2(4,5)1(6)7/h2-6,10,12,17-19H,7-9,11,13-15H2,1H3;(H,6,7)/t18-,19-;/m0./s1. The number of benzene rings is 1. The summed E-state index contributed by atoms with van der Waals surface area (Å²) >= 11 is 0. The van der Waals surface area contributed by atoms with Gasteiger partial charge in [-0.25, -0.2) is 9.78 Å². The molecule has 0 bridgehead atoms. The van der Waals surface area contributed by atoms with Gasteiger partial charge in [0, 0.05) is 38.6 Å². The molecular formula is C22H28F3N3O3. The third-order valence-electron chi connectivity index (χ3n) is 5.64. The highest BCUT2D eigenvalue weighted by molar-refractivity contribution is 5.73. The summed E-state index contributed by atoms with van der Waals surface area (Å²) in [6.07, 6.45) is 4.08. The number of aliphatic carboxylic acids is 1. The topological polar surface area (TPSA) is 67.6 Å². The lowest BCUT2D eigenvalue weighted by molar-refractivity contribution is -0.192. The number of imidazole rings is 1. The molecule has 1 aliphatic carbocycles. The van der Waals surface area contributed by atoms with Crippen molar-refractivity contribution in [1.29, 1.82) is 0 Å². The fraction of sp³-hybridized carbons (Fsp3) is 0.545. The molecule has 0 spiro atoms. The van der Waals surface area contributed by atoms with Crippen molar-refractivity contribution >= 4 is 5.97 Å². The average molecular weight is 439 g/mol. The van der Waals surface area contributed by atoms with Gasteiger partial charge in [-0.2, -0.15) is 13.2 Å². The molecule has 1 N–H and O–H groups in total. The molecule has 0 amide bonds. The van der Waals surface area contributed by atoms with Gasteiger partial charge in [0.25, 0.3) is 0 Å². The highest BCUT2D eigenvalue weighted by Crippen LogP contribution is 2.32. The van der Waals surface area contributed by atoms with Crippen LogP contribution in [0.3, 0.4) is 0 Å². The summed E-state index contributed by atoms with van der Waals surface area (Å²) in [7, 11) is 2.08. The molecule has 170 valence electrons. The van der Waals surface area contributed by atoms with Crippen LogP contribution in [-0.2, 0) is 29.5 Å². The first-order valence-corrected chi connectivity index (χ1v) is 10.4. The predicted molar refractivity (Wildman–Crippen MR) is 108 cm³/mol. The van der Waals surface area contributed by atoms with Crippen LogP contribution in [-0.4, -0.2) is 57.0 Å². The number of hydrogen-bond acceptors (Lipinski definition) is 4. The minimum Gasteiger partial charge on any atom is -0.475 e. The largest absolute Gasteiger partial charge is 0.490 e. The van der Waals surface area contributed by atoms with Crippen LogP contribution < -0.4 is 0 Å². The van der Waals surface area contributed by atoms with E-state index in [0.29, 0.717) is 12.1 Å². The van der Waals surface area contributed by atoms with Crippen LogP contribution in [0.1, 0.15) is 30.7 Å². The fourth-order valence-corrected chi connectivity index (χ4v) is 3.67. The van der Waals surface area contributed by atoms with E-state index in [0.717, 1.165) is 44.3 Å². The van der Waals surface area contributed by atoms with Gasteiger partial charge in [0.15, 0.2) is 0 Å². The average Bonchev–Trinajstić information content (AvgIpc) is 3.36. The van der Waals surface area contributed by atoms with Gasteiger partial charge in [-0.15, -0.1) is 0 Å². The lowest BCUT2D eigenvalue weighted by Gasteiger charge is -2.28. The summed E-state index contributed by atoms with van der Waals surface area (Å²) in [4.78, 5) is 16.0. The Morgan fingerprint density at radius 3 is 2.45 bits per heavy atom. The van der Waals surface area contributed by atoms with Crippen molar-refractivity contribution in [3.05, 3.63) is 54.1 Å². The van der Waals surface area contributed by atoms with Crippen molar-refractivity contribution in [2.45, 2.75) is 50.6 Å². The number of nitrogens with zero attached hydrogens (tertiary/aromatic N) is 3. The van der Waals surface area contributed by atoms with Gasteiger partial charge in [-0.1, -0.05) is 30.3 Å². The Morgan fingerprint density at radius 2 is 1.90 bits per heavy atom. The van der Waals surface area contributed by atoms with E-state index in [1.165, 1.54) is 18.4 Å². The Hall–Kier alpha value is -2.39. The van der Waals surface area contributed by atoms with Gasteiger partial charge in [0.05, 0.1) is 12.6 Å². The minimum absolute atomic E-state index is 0.353. The Bertz CT molecular complexity index is 837. The summed E-state index contributed by atoms with van der Waals surface area (Å²) in [5.74, 6) is -0.797. The zero-order valence-electron chi connectivity index (χ0n) is 17.5. The first-order valence-electron chi connectivity index (χ1n) is 10.4. The summed E-state index contributed by atoms with van der Waals surface area (Å²) in [5, 5.41) is 7.12. The van der Waals surface area contributed by atoms with Crippen molar-refractivity contribution in [2.75, 3.05) is 13.2 Å². The monoisotopic (exact) mass is 439 g/mol. The Morgan fingerprint density at radius 1 is 1.23 bits per heavy atom. The van der Waals surface area contributed by atoms with E-state index < -0.39 is 12.1 Å². The lowest BCUT2D eigenvalue weighted by atomic mass is 10.0. The third-order valence-corrected chi connectivity index (χ3v) is 5.64. The molecule has 1 saturated carbocycles. The van der Waals surface area contributed by atoms with Crippen molar-refractivity contribution in [3.8, 4) is 0 Å². The van der Waals surface area contributed by atoms with E-state index in [2.05, 4.69) is 51.8 Å². The molecule has 6 nitrogen and oxygen atoms in total. The lowest BCUT2D eigenvalue weighted by Crippen LogP contribution is -2.38. The maximum atomic E-state index is 10.6. The number of aryl methyl sites for hydroxylation is 1. The van der Waals surface area contributed by atoms with Crippen LogP contribution in [0.2, 0.25) is 0 Å². The zero-order valence-corrected chi connectivity index (χ0v) is 17.5. The van der Waals surface area contributed by atoms with Gasteiger partial charge >= 0.3 is 12.1 Å². The fourth-order valence-electron chi connectivity index (χ4n) is 3.67. The number of alkyl halides is 3. The van der Waals surface area contributed by atoms with E-state index in [1.807, 2.05) is 12.4 Å². The van der Waals surface area contributed by atoms with E-state index in [-0.39, 0.29) is 0 Å². The first-order chi connectivity index (χ1) is 14.7. The summed E-state index contributed by atoms with van der Waals surface area (Å²) in [5.41, 5.74) is 1.40. The second-order valence-electron chi connectivity index (χ2n) is 8.09. The van der Waals surface area contributed by atoms with Crippen molar-refractivity contribution in [2.24, 2.45) is 13.0 Å². The van der Waals surface area contributed by atoms with Crippen LogP contribution >= 0.6 is 0 Å². The number of ether oxygens (including phenoxy) is 1. The van der Waals surface area contributed by atoms with Gasteiger partial charge in [0.1, 0.15) is 5.82 Å². The van der Waals surface area contributed by atoms with Crippen LogP contribution in [0, 0.1) is 5.92 Å². The molecule has 4 rings (SSSR count). The molecule has 9 heteroatoms. The normalized spacial score (nSPS) is 21.5. The maximum Gasteiger partial charge on any atom is 0.490 e. The Kier molecular flexibility index (Phi) is 7.72. The molecule has 2 fully saturated rings. The van der Waals surface area contributed by atoms with Gasteiger partial charge in [-0.3, -0.25) is 4.90 Å². The number of hydrogen-bond donors (Lipinski definition) is 1. The minimum atomic E-state index is -5.08. The molecule has 1 aromatic heterocycles. The number of halogens is 3. The Balaban J connectivity index is 0.000000339. The summed E-state index contributed by atoms with van der Waals surface area (Å²) in [6.45, 7) is 2.95. The van der Waals surface area contributed by atoms with E-state index >= 15 is 0 Å². The second-order valence-corrected chi connectivity index (χ2v) is 8.09.